The van der Waals surface area contributed by atoms with Crippen LogP contribution in [-0.2, 0) is 11.3 Å². The number of piperidine rings is 1. The molecule has 7 heteroatoms. The molecule has 1 saturated heterocycles. The van der Waals surface area contributed by atoms with Gasteiger partial charge in [0.25, 0.3) is 0 Å². The lowest BCUT2D eigenvalue weighted by atomic mass is 9.83. The van der Waals surface area contributed by atoms with Gasteiger partial charge in [0.2, 0.25) is 0 Å². The number of aliphatic imine (C=N–C) groups is 1. The number of anilines is 1. The third kappa shape index (κ3) is 7.55. The smallest absolute Gasteiger partial charge is 0.191 e. The highest BCUT2D eigenvalue weighted by Crippen LogP contribution is 2.40. The Labute approximate surface area is 199 Å². The van der Waals surface area contributed by atoms with Crippen molar-refractivity contribution in [3.63, 3.8) is 0 Å². The van der Waals surface area contributed by atoms with E-state index in [0.29, 0.717) is 12.0 Å². The number of guanidine groups is 1. The van der Waals surface area contributed by atoms with Crippen LogP contribution in [0.1, 0.15) is 63.9 Å². The van der Waals surface area contributed by atoms with E-state index in [-0.39, 0.29) is 24.0 Å². The first kappa shape index (κ1) is 25.2. The van der Waals surface area contributed by atoms with Gasteiger partial charge in [-0.2, -0.15) is 0 Å². The highest BCUT2D eigenvalue weighted by molar-refractivity contribution is 14.0. The van der Waals surface area contributed by atoms with Crippen molar-refractivity contribution in [2.45, 2.75) is 64.8 Å². The molecular formula is C23H40IN5O. The molecule has 1 aromatic rings. The number of aromatic nitrogens is 1. The second-order valence-electron chi connectivity index (χ2n) is 8.57. The van der Waals surface area contributed by atoms with Crippen LogP contribution in [0, 0.1) is 5.41 Å². The highest BCUT2D eigenvalue weighted by atomic mass is 127. The van der Waals surface area contributed by atoms with E-state index >= 15 is 0 Å². The summed E-state index contributed by atoms with van der Waals surface area (Å²) in [5.74, 6) is 2.01. The second-order valence-corrected chi connectivity index (χ2v) is 8.57. The molecule has 6 nitrogen and oxygen atoms in total. The van der Waals surface area contributed by atoms with E-state index in [4.69, 9.17) is 9.73 Å². The molecule has 0 aromatic carbocycles. The number of halogens is 1. The summed E-state index contributed by atoms with van der Waals surface area (Å²) in [6.45, 7) is 7.70. The zero-order valence-electron chi connectivity index (χ0n) is 18.8. The number of rotatable bonds is 9. The summed E-state index contributed by atoms with van der Waals surface area (Å²) in [5, 5.41) is 7.03. The molecule has 1 aliphatic carbocycles. The number of ether oxygens (including phenoxy) is 1. The molecule has 0 amide bonds. The number of methoxy groups -OCH3 is 1. The number of nitrogens with zero attached hydrogens (tertiary/aromatic N) is 3. The SMILES string of the molecule is CCNC(=NCc1ccnc(N2CCCCC2)c1)NCC1(CCOC)CCCC1.I. The van der Waals surface area contributed by atoms with Crippen molar-refractivity contribution in [3.05, 3.63) is 23.9 Å². The Bertz CT molecular complexity index is 642. The Morgan fingerprint density at radius 1 is 1.17 bits per heavy atom. The van der Waals surface area contributed by atoms with Gasteiger partial charge in [-0.05, 0) is 68.6 Å². The lowest BCUT2D eigenvalue weighted by Gasteiger charge is -2.30. The van der Waals surface area contributed by atoms with Crippen LogP contribution in [0.3, 0.4) is 0 Å². The standard InChI is InChI=1S/C23H39N5O.HI/c1-3-24-22(27-19-23(12-16-29-2)10-5-6-11-23)26-18-20-9-13-25-21(17-20)28-14-7-4-8-15-28;/h9,13,17H,3-8,10-12,14-16,18-19H2,1-2H3,(H2,24,26,27);1H. The molecule has 170 valence electrons. The minimum absolute atomic E-state index is 0. The van der Waals surface area contributed by atoms with Crippen molar-refractivity contribution in [1.82, 2.24) is 15.6 Å². The lowest BCUT2D eigenvalue weighted by molar-refractivity contribution is 0.138. The average Bonchev–Trinajstić information content (AvgIpc) is 3.24. The first-order valence-corrected chi connectivity index (χ1v) is 11.5. The summed E-state index contributed by atoms with van der Waals surface area (Å²) in [4.78, 5) is 11.8. The Kier molecular flexibility index (Phi) is 11.2. The van der Waals surface area contributed by atoms with Gasteiger partial charge in [0, 0.05) is 46.1 Å². The van der Waals surface area contributed by atoms with Crippen LogP contribution in [0.2, 0.25) is 0 Å². The summed E-state index contributed by atoms with van der Waals surface area (Å²) in [7, 11) is 1.80. The van der Waals surface area contributed by atoms with E-state index in [1.165, 1.54) is 50.5 Å². The summed E-state index contributed by atoms with van der Waals surface area (Å²) >= 11 is 0. The van der Waals surface area contributed by atoms with Crippen LogP contribution in [0.5, 0.6) is 0 Å². The van der Waals surface area contributed by atoms with E-state index in [0.717, 1.165) is 51.0 Å². The van der Waals surface area contributed by atoms with E-state index in [1.807, 2.05) is 6.20 Å². The first-order valence-electron chi connectivity index (χ1n) is 11.5. The van der Waals surface area contributed by atoms with Gasteiger partial charge in [0.05, 0.1) is 6.54 Å². The van der Waals surface area contributed by atoms with Gasteiger partial charge >= 0.3 is 0 Å². The molecule has 3 rings (SSSR count). The van der Waals surface area contributed by atoms with Crippen molar-refractivity contribution in [2.75, 3.05) is 44.8 Å². The average molecular weight is 530 g/mol. The van der Waals surface area contributed by atoms with Gasteiger partial charge in [-0.15, -0.1) is 24.0 Å². The van der Waals surface area contributed by atoms with Crippen molar-refractivity contribution < 1.29 is 4.74 Å². The molecule has 0 atom stereocenters. The van der Waals surface area contributed by atoms with Gasteiger partial charge in [0.1, 0.15) is 5.82 Å². The third-order valence-corrected chi connectivity index (χ3v) is 6.39. The largest absolute Gasteiger partial charge is 0.385 e. The fourth-order valence-corrected chi connectivity index (χ4v) is 4.60. The zero-order valence-corrected chi connectivity index (χ0v) is 21.1. The van der Waals surface area contributed by atoms with Crippen molar-refractivity contribution >= 4 is 35.8 Å². The fourth-order valence-electron chi connectivity index (χ4n) is 4.60. The highest BCUT2D eigenvalue weighted by Gasteiger charge is 2.33. The van der Waals surface area contributed by atoms with E-state index in [2.05, 4.69) is 39.6 Å². The Morgan fingerprint density at radius 2 is 1.93 bits per heavy atom. The Hall–Kier alpha value is -1.09. The second kappa shape index (κ2) is 13.3. The maximum atomic E-state index is 5.37. The molecule has 1 aliphatic heterocycles. The summed E-state index contributed by atoms with van der Waals surface area (Å²) in [6, 6.07) is 4.28. The molecule has 2 aliphatic rings. The molecule has 0 spiro atoms. The topological polar surface area (TPSA) is 61.8 Å². The molecule has 0 bridgehead atoms. The number of hydrogen-bond donors (Lipinski definition) is 2. The van der Waals surface area contributed by atoms with E-state index in [9.17, 15) is 0 Å². The normalized spacial score (nSPS) is 18.7. The number of nitrogens with one attached hydrogen (secondary N) is 2. The molecule has 2 N–H and O–H groups in total. The monoisotopic (exact) mass is 529 g/mol. The first-order chi connectivity index (χ1) is 14.2. The van der Waals surface area contributed by atoms with Gasteiger partial charge in [0.15, 0.2) is 5.96 Å². The van der Waals surface area contributed by atoms with Crippen molar-refractivity contribution in [3.8, 4) is 0 Å². The quantitative estimate of drug-likeness (QED) is 0.283. The molecule has 0 unspecified atom stereocenters. The van der Waals surface area contributed by atoms with Crippen LogP contribution in [0.4, 0.5) is 5.82 Å². The zero-order chi connectivity index (χ0) is 20.4. The molecule has 1 saturated carbocycles. The molecule has 2 heterocycles. The number of hydrogen-bond acceptors (Lipinski definition) is 4. The van der Waals surface area contributed by atoms with Crippen LogP contribution >= 0.6 is 24.0 Å². The molecule has 2 fully saturated rings. The predicted molar refractivity (Wildman–Crippen MR) is 136 cm³/mol. The summed E-state index contributed by atoms with van der Waals surface area (Å²) < 4.78 is 5.37. The van der Waals surface area contributed by atoms with Crippen LogP contribution in [0.15, 0.2) is 23.3 Å². The molecule has 0 radical (unpaired) electrons. The summed E-state index contributed by atoms with van der Waals surface area (Å²) in [6.07, 6.45) is 12.1. The Morgan fingerprint density at radius 3 is 2.63 bits per heavy atom. The van der Waals surface area contributed by atoms with Gasteiger partial charge < -0.3 is 20.3 Å². The van der Waals surface area contributed by atoms with Crippen LogP contribution in [-0.4, -0.2) is 50.8 Å². The van der Waals surface area contributed by atoms with Crippen LogP contribution < -0.4 is 15.5 Å². The predicted octanol–water partition coefficient (Wildman–Crippen LogP) is 4.34. The molecule has 30 heavy (non-hydrogen) atoms. The minimum atomic E-state index is 0. The van der Waals surface area contributed by atoms with Crippen molar-refractivity contribution in [1.29, 1.82) is 0 Å². The van der Waals surface area contributed by atoms with Crippen molar-refractivity contribution in [2.24, 2.45) is 10.4 Å². The van der Waals surface area contributed by atoms with Gasteiger partial charge in [-0.1, -0.05) is 12.8 Å². The molecular weight excluding hydrogens is 489 g/mol. The maximum Gasteiger partial charge on any atom is 0.191 e. The van der Waals surface area contributed by atoms with E-state index < -0.39 is 0 Å². The van der Waals surface area contributed by atoms with E-state index in [1.54, 1.807) is 7.11 Å². The van der Waals surface area contributed by atoms with Crippen LogP contribution in [0.25, 0.3) is 0 Å². The fraction of sp³-hybridized carbons (Fsp3) is 0.739. The van der Waals surface area contributed by atoms with Gasteiger partial charge in [-0.25, -0.2) is 9.98 Å². The lowest BCUT2D eigenvalue weighted by Crippen LogP contribution is -2.43. The molecule has 1 aromatic heterocycles. The maximum absolute atomic E-state index is 5.37. The van der Waals surface area contributed by atoms with Gasteiger partial charge in [-0.3, -0.25) is 0 Å². The number of pyridine rings is 1. The Balaban J connectivity index is 0.00000320. The summed E-state index contributed by atoms with van der Waals surface area (Å²) in [5.41, 5.74) is 1.57. The third-order valence-electron chi connectivity index (χ3n) is 6.39. The minimum Gasteiger partial charge on any atom is -0.385 e.